The van der Waals surface area contributed by atoms with Crippen molar-refractivity contribution in [1.29, 1.82) is 0 Å². The lowest BCUT2D eigenvalue weighted by atomic mass is 9.84. The molecule has 0 N–H and O–H groups in total. The van der Waals surface area contributed by atoms with E-state index < -0.39 is 47.5 Å². The first-order valence-corrected chi connectivity index (χ1v) is 8.70. The van der Waals surface area contributed by atoms with Crippen LogP contribution < -0.4 is 4.90 Å². The molecule has 0 aromatic heterocycles. The molecular weight excluding hydrogens is 388 g/mol. The molecule has 1 fully saturated rings. The quantitative estimate of drug-likeness (QED) is 0.502. The number of carbonyl (C=O) groups is 1. The number of ketones is 1. The zero-order valence-electron chi connectivity index (χ0n) is 14.6. The maximum absolute atomic E-state index is 14.0. The predicted octanol–water partition coefficient (Wildman–Crippen LogP) is 5.32. The number of carbonyl (C=O) groups excluding carboxylic acids is 1. The predicted molar refractivity (Wildman–Crippen MR) is 89.2 cm³/mol. The Morgan fingerprint density at radius 3 is 2.39 bits per heavy atom. The van der Waals surface area contributed by atoms with Gasteiger partial charge in [-0.1, -0.05) is 24.3 Å². The highest BCUT2D eigenvalue weighted by Gasteiger charge is 2.65. The van der Waals surface area contributed by atoms with Gasteiger partial charge in [0.05, 0.1) is 5.69 Å². The number of halogens is 6. The summed E-state index contributed by atoms with van der Waals surface area (Å²) in [7, 11) is 0. The number of ether oxygens (including phenoxy) is 1. The van der Waals surface area contributed by atoms with Gasteiger partial charge in [0.15, 0.2) is 5.60 Å². The minimum absolute atomic E-state index is 0.0272. The third-order valence-electron chi connectivity index (χ3n) is 5.47. The maximum Gasteiger partial charge on any atom is 0.454 e. The molecule has 2 atom stereocenters. The Morgan fingerprint density at radius 1 is 1.18 bits per heavy atom. The van der Waals surface area contributed by atoms with Crippen LogP contribution in [0, 0.1) is 0 Å². The van der Waals surface area contributed by atoms with Gasteiger partial charge in [0, 0.05) is 23.1 Å². The first-order valence-electron chi connectivity index (χ1n) is 8.70. The Kier molecular flexibility index (Phi) is 3.98. The van der Waals surface area contributed by atoms with Crippen LogP contribution in [0.25, 0.3) is 10.8 Å². The summed E-state index contributed by atoms with van der Waals surface area (Å²) in [6, 6.07) is 6.46. The summed E-state index contributed by atoms with van der Waals surface area (Å²) in [6.45, 7) is 2.04. The average molecular weight is 403 g/mol. The lowest BCUT2D eigenvalue weighted by molar-refractivity contribution is -0.280. The number of rotatable bonds is 2. The van der Waals surface area contributed by atoms with Crippen LogP contribution >= 0.6 is 0 Å². The van der Waals surface area contributed by atoms with Crippen molar-refractivity contribution in [3.8, 4) is 0 Å². The molecule has 150 valence electrons. The van der Waals surface area contributed by atoms with Crippen LogP contribution in [0.3, 0.4) is 0 Å². The Balaban J connectivity index is 2.12. The molecule has 4 rings (SSSR count). The molecule has 2 aliphatic rings. The van der Waals surface area contributed by atoms with Gasteiger partial charge >= 0.3 is 12.4 Å². The zero-order valence-corrected chi connectivity index (χ0v) is 14.6. The summed E-state index contributed by atoms with van der Waals surface area (Å²) < 4.78 is 86.9. The van der Waals surface area contributed by atoms with Gasteiger partial charge in [-0.15, -0.1) is 0 Å². The van der Waals surface area contributed by atoms with Crippen LogP contribution in [0.5, 0.6) is 0 Å². The van der Waals surface area contributed by atoms with Crippen molar-refractivity contribution < 1.29 is 35.9 Å². The van der Waals surface area contributed by atoms with Gasteiger partial charge in [-0.25, -0.2) is 0 Å². The van der Waals surface area contributed by atoms with E-state index in [1.165, 1.54) is 24.3 Å². The minimum Gasteiger partial charge on any atom is -0.345 e. The normalized spacial score (nSPS) is 24.5. The van der Waals surface area contributed by atoms with Crippen LogP contribution in [-0.2, 0) is 10.3 Å². The highest BCUT2D eigenvalue weighted by atomic mass is 19.4. The number of hydrogen-bond donors (Lipinski definition) is 0. The molecule has 28 heavy (non-hydrogen) atoms. The molecule has 9 heteroatoms. The molecule has 2 aromatic carbocycles. The number of hydrogen-bond acceptors (Lipinski definition) is 3. The van der Waals surface area contributed by atoms with Gasteiger partial charge in [0.2, 0.25) is 0 Å². The first kappa shape index (κ1) is 19.0. The molecule has 0 saturated carbocycles. The fourth-order valence-electron chi connectivity index (χ4n) is 4.28. The topological polar surface area (TPSA) is 29.5 Å². The van der Waals surface area contributed by atoms with E-state index in [1.54, 1.807) is 11.8 Å². The van der Waals surface area contributed by atoms with Crippen molar-refractivity contribution in [1.82, 2.24) is 0 Å². The maximum atomic E-state index is 14.0. The summed E-state index contributed by atoms with van der Waals surface area (Å²) in [4.78, 5) is 13.6. The van der Waals surface area contributed by atoms with E-state index in [1.807, 2.05) is 0 Å². The number of benzene rings is 2. The number of anilines is 1. The molecule has 2 unspecified atom stereocenters. The van der Waals surface area contributed by atoms with Crippen molar-refractivity contribution in [3.63, 3.8) is 0 Å². The van der Waals surface area contributed by atoms with E-state index >= 15 is 0 Å². The monoisotopic (exact) mass is 403 g/mol. The van der Waals surface area contributed by atoms with E-state index in [0.717, 1.165) is 6.07 Å². The van der Waals surface area contributed by atoms with Crippen LogP contribution in [0.2, 0.25) is 0 Å². The summed E-state index contributed by atoms with van der Waals surface area (Å²) in [6.07, 6.45) is -11.2. The van der Waals surface area contributed by atoms with E-state index in [4.69, 9.17) is 4.74 Å². The van der Waals surface area contributed by atoms with E-state index in [9.17, 15) is 31.1 Å². The lowest BCUT2D eigenvalue weighted by Crippen LogP contribution is -2.50. The highest BCUT2D eigenvalue weighted by Crippen LogP contribution is 2.59. The van der Waals surface area contributed by atoms with Crippen LogP contribution in [0.4, 0.5) is 32.0 Å². The van der Waals surface area contributed by atoms with Crippen molar-refractivity contribution in [2.75, 3.05) is 11.4 Å². The zero-order chi connectivity index (χ0) is 20.5. The van der Waals surface area contributed by atoms with Gasteiger partial charge in [0.25, 0.3) is 5.78 Å². The molecule has 0 radical (unpaired) electrons. The molecule has 2 heterocycles. The Morgan fingerprint density at radius 2 is 1.82 bits per heavy atom. The molecular formula is C19H15F6NO2. The number of fused-ring (bicyclic) bond motifs is 6. The molecule has 0 spiro atoms. The van der Waals surface area contributed by atoms with Gasteiger partial charge in [-0.3, -0.25) is 4.79 Å². The van der Waals surface area contributed by atoms with Crippen molar-refractivity contribution in [3.05, 3.63) is 41.5 Å². The average Bonchev–Trinajstić information content (AvgIpc) is 3.02. The highest BCUT2D eigenvalue weighted by molar-refractivity contribution is 6.14. The molecule has 3 nitrogen and oxygen atoms in total. The third kappa shape index (κ3) is 2.45. The summed E-state index contributed by atoms with van der Waals surface area (Å²) in [5.41, 5.74) is -3.76. The minimum atomic E-state index is -5.21. The van der Waals surface area contributed by atoms with E-state index in [-0.39, 0.29) is 22.9 Å². The van der Waals surface area contributed by atoms with Crippen LogP contribution in [-0.4, -0.2) is 30.9 Å². The number of nitrogens with zero attached hydrogens (tertiary/aromatic N) is 1. The van der Waals surface area contributed by atoms with E-state index in [2.05, 4.69) is 0 Å². The molecule has 0 aliphatic carbocycles. The van der Waals surface area contributed by atoms with Crippen LogP contribution in [0.1, 0.15) is 35.7 Å². The molecule has 1 saturated heterocycles. The number of Topliss-reactive ketones (excluding diaryl/α,β-unsaturated/α-hetero) is 1. The van der Waals surface area contributed by atoms with Crippen LogP contribution in [0.15, 0.2) is 30.3 Å². The fourth-order valence-corrected chi connectivity index (χ4v) is 4.28. The largest absolute Gasteiger partial charge is 0.454 e. The molecule has 2 aliphatic heterocycles. The third-order valence-corrected chi connectivity index (χ3v) is 5.47. The number of alkyl halides is 6. The van der Waals surface area contributed by atoms with E-state index in [0.29, 0.717) is 6.54 Å². The Labute approximate surface area is 155 Å². The fraction of sp³-hybridized carbons (Fsp3) is 0.421. The molecule has 2 aromatic rings. The SMILES string of the molecule is CCN1c2c(cc(C(=O)C(F)(F)F)c3ccccc23)C2(C(F)(F)F)CCC1O2. The van der Waals surface area contributed by atoms with Crippen molar-refractivity contribution >= 4 is 22.2 Å². The summed E-state index contributed by atoms with van der Waals surface area (Å²) in [5.74, 6) is -2.17. The summed E-state index contributed by atoms with van der Waals surface area (Å²) >= 11 is 0. The van der Waals surface area contributed by atoms with Crippen molar-refractivity contribution in [2.45, 2.75) is 43.9 Å². The van der Waals surface area contributed by atoms with Gasteiger partial charge in [-0.05, 0) is 31.2 Å². The second-order valence-electron chi connectivity index (χ2n) is 6.91. The smallest absolute Gasteiger partial charge is 0.345 e. The second-order valence-corrected chi connectivity index (χ2v) is 6.91. The molecule has 2 bridgehead atoms. The van der Waals surface area contributed by atoms with Crippen molar-refractivity contribution in [2.24, 2.45) is 0 Å². The lowest BCUT2D eigenvalue weighted by Gasteiger charge is -2.43. The Bertz CT molecular complexity index is 967. The van der Waals surface area contributed by atoms with Gasteiger partial charge < -0.3 is 9.64 Å². The molecule has 0 amide bonds. The second kappa shape index (κ2) is 5.85. The summed E-state index contributed by atoms with van der Waals surface area (Å²) in [5, 5.41) is 0.152. The Hall–Kier alpha value is -2.29. The first-order chi connectivity index (χ1) is 13.0. The van der Waals surface area contributed by atoms with Gasteiger partial charge in [-0.2, -0.15) is 26.3 Å². The standard InChI is InChI=1S/C19H15F6NO2/c1-2-26-14-7-8-17(28-14,19(23,24)25)13-9-12(16(27)18(20,21)22)10-5-3-4-6-11(10)15(13)26/h3-6,9,14H,2,7-8H2,1H3. The van der Waals surface area contributed by atoms with Gasteiger partial charge in [0.1, 0.15) is 6.23 Å².